The van der Waals surface area contributed by atoms with Gasteiger partial charge < -0.3 is 10.1 Å². The van der Waals surface area contributed by atoms with E-state index in [-0.39, 0.29) is 0 Å². The van der Waals surface area contributed by atoms with Gasteiger partial charge in [0.05, 0.1) is 7.11 Å². The first-order valence-electron chi connectivity index (χ1n) is 6.09. The molecule has 0 aliphatic carbocycles. The van der Waals surface area contributed by atoms with E-state index in [4.69, 9.17) is 4.74 Å². The van der Waals surface area contributed by atoms with E-state index >= 15 is 0 Å². The lowest BCUT2D eigenvalue weighted by molar-refractivity contribution is 0.401. The molecule has 1 fully saturated rings. The Morgan fingerprint density at radius 3 is 2.50 bits per heavy atom. The van der Waals surface area contributed by atoms with Gasteiger partial charge in [-0.2, -0.15) is 0 Å². The lowest BCUT2D eigenvalue weighted by atomic mass is 10.1. The van der Waals surface area contributed by atoms with Gasteiger partial charge in [0.15, 0.2) is 9.84 Å². The summed E-state index contributed by atoms with van der Waals surface area (Å²) in [7, 11) is -1.85. The molecule has 1 unspecified atom stereocenters. The summed E-state index contributed by atoms with van der Waals surface area (Å²) < 4.78 is 30.3. The predicted octanol–water partition coefficient (Wildman–Crippen LogP) is 1.80. The monoisotopic (exact) mass is 269 g/mol. The van der Waals surface area contributed by atoms with Gasteiger partial charge in [-0.1, -0.05) is 0 Å². The molecule has 0 spiro atoms. The molecule has 2 rings (SSSR count). The molecular weight excluding hydrogens is 250 g/mol. The summed E-state index contributed by atoms with van der Waals surface area (Å²) in [6.07, 6.45) is 1.56. The Morgan fingerprint density at radius 1 is 1.28 bits per heavy atom. The summed E-state index contributed by atoms with van der Waals surface area (Å²) >= 11 is 0. The summed E-state index contributed by atoms with van der Waals surface area (Å²) in [6.45, 7) is 4.62. The van der Waals surface area contributed by atoms with Crippen LogP contribution < -0.4 is 10.1 Å². The highest BCUT2D eigenvalue weighted by molar-refractivity contribution is 7.92. The molecule has 5 heteroatoms. The van der Waals surface area contributed by atoms with Crippen molar-refractivity contribution in [2.24, 2.45) is 0 Å². The van der Waals surface area contributed by atoms with Gasteiger partial charge in [-0.05, 0) is 56.5 Å². The smallest absolute Gasteiger partial charge is 0.197 e. The summed E-state index contributed by atoms with van der Waals surface area (Å²) in [6, 6.07) is 3.50. The highest BCUT2D eigenvalue weighted by atomic mass is 32.2. The molecule has 0 saturated carbocycles. The van der Waals surface area contributed by atoms with Crippen LogP contribution in [0.1, 0.15) is 24.0 Å². The summed E-state index contributed by atoms with van der Waals surface area (Å²) in [5.41, 5.74) is 2.00. The van der Waals surface area contributed by atoms with Crippen LogP contribution in [0.25, 0.3) is 0 Å². The fourth-order valence-corrected chi connectivity index (χ4v) is 4.10. The van der Waals surface area contributed by atoms with Crippen LogP contribution in [0.3, 0.4) is 0 Å². The standard InChI is InChI=1S/C13H19NO3S/c1-9-7-11(17-3)12(8-10(9)2)18(15,16)13-5-4-6-14-13/h7-8,13-14H,4-6H2,1-3H3. The molecule has 0 aromatic heterocycles. The van der Waals surface area contributed by atoms with E-state index in [0.29, 0.717) is 17.1 Å². The third kappa shape index (κ3) is 2.24. The maximum absolute atomic E-state index is 12.5. The van der Waals surface area contributed by atoms with Crippen LogP contribution in [0.4, 0.5) is 0 Å². The summed E-state index contributed by atoms with van der Waals surface area (Å²) in [4.78, 5) is 0.299. The number of ether oxygens (including phenoxy) is 1. The van der Waals surface area contributed by atoms with Crippen molar-refractivity contribution < 1.29 is 13.2 Å². The zero-order valence-corrected chi connectivity index (χ0v) is 11.8. The van der Waals surface area contributed by atoms with Gasteiger partial charge in [-0.15, -0.1) is 0 Å². The van der Waals surface area contributed by atoms with Crippen molar-refractivity contribution in [1.29, 1.82) is 0 Å². The van der Waals surface area contributed by atoms with Crippen molar-refractivity contribution in [3.63, 3.8) is 0 Å². The highest BCUT2D eigenvalue weighted by Crippen LogP contribution is 2.31. The minimum Gasteiger partial charge on any atom is -0.495 e. The summed E-state index contributed by atoms with van der Waals surface area (Å²) in [5.74, 6) is 0.437. The minimum atomic E-state index is -3.36. The zero-order chi connectivity index (χ0) is 13.3. The van der Waals surface area contributed by atoms with E-state index in [2.05, 4.69) is 5.32 Å². The molecule has 1 heterocycles. The second kappa shape index (κ2) is 4.90. The first-order chi connectivity index (χ1) is 8.46. The largest absolute Gasteiger partial charge is 0.495 e. The Labute approximate surface area is 108 Å². The van der Waals surface area contributed by atoms with Crippen LogP contribution in [0.5, 0.6) is 5.75 Å². The second-order valence-corrected chi connectivity index (χ2v) is 6.82. The Morgan fingerprint density at radius 2 is 1.94 bits per heavy atom. The fourth-order valence-electron chi connectivity index (χ4n) is 2.22. The number of rotatable bonds is 3. The van der Waals surface area contributed by atoms with Crippen LogP contribution in [0.15, 0.2) is 17.0 Å². The number of methoxy groups -OCH3 is 1. The van der Waals surface area contributed by atoms with Crippen molar-refractivity contribution in [2.75, 3.05) is 13.7 Å². The van der Waals surface area contributed by atoms with Gasteiger partial charge in [0, 0.05) is 0 Å². The van der Waals surface area contributed by atoms with Gasteiger partial charge in [0.25, 0.3) is 0 Å². The normalized spacial score (nSPS) is 20.1. The zero-order valence-electron chi connectivity index (χ0n) is 11.0. The maximum Gasteiger partial charge on any atom is 0.197 e. The third-order valence-electron chi connectivity index (χ3n) is 3.48. The SMILES string of the molecule is COc1cc(C)c(C)cc1S(=O)(=O)C1CCCN1. The topological polar surface area (TPSA) is 55.4 Å². The first kappa shape index (κ1) is 13.4. The van der Waals surface area contributed by atoms with Gasteiger partial charge in [-0.3, -0.25) is 0 Å². The van der Waals surface area contributed by atoms with Crippen LogP contribution >= 0.6 is 0 Å². The fraction of sp³-hybridized carbons (Fsp3) is 0.538. The highest BCUT2D eigenvalue weighted by Gasteiger charge is 2.32. The number of benzene rings is 1. The van der Waals surface area contributed by atoms with E-state index < -0.39 is 15.2 Å². The molecule has 18 heavy (non-hydrogen) atoms. The molecule has 1 aromatic carbocycles. The number of nitrogens with one attached hydrogen (secondary N) is 1. The minimum absolute atomic E-state index is 0.299. The van der Waals surface area contributed by atoms with Crippen molar-refractivity contribution in [3.05, 3.63) is 23.3 Å². The molecule has 1 saturated heterocycles. The number of aryl methyl sites for hydroxylation is 2. The van der Waals surface area contributed by atoms with Crippen molar-refractivity contribution in [3.8, 4) is 5.75 Å². The average molecular weight is 269 g/mol. The molecule has 1 aliphatic heterocycles. The molecule has 100 valence electrons. The van der Waals surface area contributed by atoms with Crippen LogP contribution in [-0.2, 0) is 9.84 Å². The van der Waals surface area contributed by atoms with Crippen LogP contribution in [0.2, 0.25) is 0 Å². The Bertz CT molecular complexity index is 546. The molecule has 0 amide bonds. The Kier molecular flexibility index (Phi) is 3.64. The van der Waals surface area contributed by atoms with E-state index in [0.717, 1.165) is 24.1 Å². The van der Waals surface area contributed by atoms with E-state index in [1.54, 1.807) is 12.1 Å². The van der Waals surface area contributed by atoms with Gasteiger partial charge >= 0.3 is 0 Å². The van der Waals surface area contributed by atoms with Gasteiger partial charge in [0.1, 0.15) is 16.0 Å². The van der Waals surface area contributed by atoms with E-state index in [1.807, 2.05) is 13.8 Å². The number of hydrogen-bond donors (Lipinski definition) is 1. The van der Waals surface area contributed by atoms with Gasteiger partial charge in [-0.25, -0.2) is 8.42 Å². The van der Waals surface area contributed by atoms with Crippen molar-refractivity contribution in [2.45, 2.75) is 37.0 Å². The first-order valence-corrected chi connectivity index (χ1v) is 7.64. The van der Waals surface area contributed by atoms with E-state index in [1.165, 1.54) is 7.11 Å². The molecule has 4 nitrogen and oxygen atoms in total. The molecular formula is C13H19NO3S. The number of hydrogen-bond acceptors (Lipinski definition) is 4. The molecule has 1 aromatic rings. The molecule has 1 N–H and O–H groups in total. The molecule has 1 aliphatic rings. The lowest BCUT2D eigenvalue weighted by Crippen LogP contribution is -2.31. The van der Waals surface area contributed by atoms with Gasteiger partial charge in [0.2, 0.25) is 0 Å². The molecule has 0 radical (unpaired) electrons. The quantitative estimate of drug-likeness (QED) is 0.909. The molecule has 0 bridgehead atoms. The van der Waals surface area contributed by atoms with Crippen molar-refractivity contribution in [1.82, 2.24) is 5.32 Å². The maximum atomic E-state index is 12.5. The van der Waals surface area contributed by atoms with Crippen LogP contribution in [-0.4, -0.2) is 27.4 Å². The number of sulfone groups is 1. The Balaban J connectivity index is 2.52. The Hall–Kier alpha value is -1.07. The summed E-state index contributed by atoms with van der Waals surface area (Å²) in [5, 5.41) is 2.56. The van der Waals surface area contributed by atoms with Crippen LogP contribution in [0, 0.1) is 13.8 Å². The third-order valence-corrected chi connectivity index (χ3v) is 5.56. The average Bonchev–Trinajstić information content (AvgIpc) is 2.86. The van der Waals surface area contributed by atoms with Crippen molar-refractivity contribution >= 4 is 9.84 Å². The predicted molar refractivity (Wildman–Crippen MR) is 70.7 cm³/mol. The second-order valence-electron chi connectivity index (χ2n) is 4.72. The van der Waals surface area contributed by atoms with E-state index in [9.17, 15) is 8.42 Å². The lowest BCUT2D eigenvalue weighted by Gasteiger charge is -2.16. The molecule has 1 atom stereocenters.